The molecule has 6 nitrogen and oxygen atoms in total. The summed E-state index contributed by atoms with van der Waals surface area (Å²) >= 11 is 0. The van der Waals surface area contributed by atoms with Crippen molar-refractivity contribution in [2.75, 3.05) is 11.9 Å². The van der Waals surface area contributed by atoms with Gasteiger partial charge in [0.05, 0.1) is 5.69 Å². The van der Waals surface area contributed by atoms with E-state index in [1.54, 1.807) is 0 Å². The molecule has 3 heterocycles. The third kappa shape index (κ3) is 5.70. The zero-order valence-electron chi connectivity index (χ0n) is 34.7. The Hall–Kier alpha value is -8.61. The van der Waals surface area contributed by atoms with E-state index in [0.29, 0.717) is 17.6 Å². The number of furan rings is 2. The number of rotatable bonds is 6. The number of nitrogens with zero attached hydrogens (tertiary/aromatic N) is 4. The predicted molar refractivity (Wildman–Crippen MR) is 263 cm³/mol. The van der Waals surface area contributed by atoms with Crippen molar-refractivity contribution in [3.63, 3.8) is 0 Å². The standard InChI is InChI=1S/C58H36N4O2/c1-62(49-22-11-20-45-42-16-6-5-15-40(42)41-17-7-8-19-44(41)54(45)49)58-60-56(37-27-25-36(26-28-37)35-13-3-2-4-14-35)59-57(61-58)46-21-12-24-53-55(46)48-34-39(30-32-52(48)64-53)38-29-31-51-47(33-38)43-18-9-10-23-50(43)63-51/h2-34H,1H3. The van der Waals surface area contributed by atoms with Crippen molar-refractivity contribution in [2.24, 2.45) is 0 Å². The summed E-state index contributed by atoms with van der Waals surface area (Å²) in [5, 5.41) is 11.3. The number of benzene rings is 10. The largest absolute Gasteiger partial charge is 0.456 e. The van der Waals surface area contributed by atoms with Gasteiger partial charge in [0.25, 0.3) is 0 Å². The van der Waals surface area contributed by atoms with E-state index in [1.165, 1.54) is 26.9 Å². The van der Waals surface area contributed by atoms with Crippen molar-refractivity contribution < 1.29 is 8.83 Å². The second-order valence-electron chi connectivity index (χ2n) is 16.4. The number of hydrogen-bond donors (Lipinski definition) is 0. The molecule has 0 saturated carbocycles. The SMILES string of the molecule is CN(c1nc(-c2ccc(-c3ccccc3)cc2)nc(-c2cccc3oc4ccc(-c5ccc6oc7ccccc7c6c5)cc4c23)n1)c1cccc2c3ccccc3c3ccccc3c12. The number of aromatic nitrogens is 3. The highest BCUT2D eigenvalue weighted by molar-refractivity contribution is 6.28. The van der Waals surface area contributed by atoms with Gasteiger partial charge in [-0.1, -0.05) is 158 Å². The van der Waals surface area contributed by atoms with Crippen LogP contribution in [0.15, 0.2) is 209 Å². The van der Waals surface area contributed by atoms with Crippen LogP contribution in [-0.2, 0) is 0 Å². The first-order valence-electron chi connectivity index (χ1n) is 21.5. The van der Waals surface area contributed by atoms with Crippen LogP contribution in [0.25, 0.3) is 121 Å². The minimum Gasteiger partial charge on any atom is -0.456 e. The van der Waals surface area contributed by atoms with E-state index in [-0.39, 0.29) is 0 Å². The Bertz CT molecular complexity index is 3940. The number of para-hydroxylation sites is 1. The zero-order chi connectivity index (χ0) is 42.3. The van der Waals surface area contributed by atoms with Crippen LogP contribution in [0.3, 0.4) is 0 Å². The van der Waals surface area contributed by atoms with Gasteiger partial charge >= 0.3 is 0 Å². The molecule has 6 heteroatoms. The summed E-state index contributed by atoms with van der Waals surface area (Å²) in [6.45, 7) is 0. The Labute approximate surface area is 367 Å². The smallest absolute Gasteiger partial charge is 0.233 e. The summed E-state index contributed by atoms with van der Waals surface area (Å²) < 4.78 is 12.7. The molecule has 0 radical (unpaired) electrons. The molecule has 0 saturated heterocycles. The highest BCUT2D eigenvalue weighted by atomic mass is 16.3. The summed E-state index contributed by atoms with van der Waals surface area (Å²) in [7, 11) is 2.06. The van der Waals surface area contributed by atoms with Crippen molar-refractivity contribution in [3.05, 3.63) is 200 Å². The highest BCUT2D eigenvalue weighted by Crippen LogP contribution is 2.43. The second-order valence-corrected chi connectivity index (χ2v) is 16.4. The van der Waals surface area contributed by atoms with Crippen LogP contribution in [0.5, 0.6) is 0 Å². The molecule has 0 aliphatic heterocycles. The lowest BCUT2D eigenvalue weighted by Crippen LogP contribution is -2.15. The third-order valence-electron chi connectivity index (χ3n) is 12.7. The van der Waals surface area contributed by atoms with Gasteiger partial charge in [0.2, 0.25) is 5.95 Å². The fourth-order valence-corrected chi connectivity index (χ4v) is 9.63. The lowest BCUT2D eigenvalue weighted by Gasteiger charge is -2.22. The fourth-order valence-electron chi connectivity index (χ4n) is 9.63. The topological polar surface area (TPSA) is 68.2 Å². The molecular weight excluding hydrogens is 785 g/mol. The molecule has 0 atom stereocenters. The van der Waals surface area contributed by atoms with Crippen LogP contribution < -0.4 is 4.90 Å². The van der Waals surface area contributed by atoms with Gasteiger partial charge in [-0.3, -0.25) is 0 Å². The van der Waals surface area contributed by atoms with E-state index in [4.69, 9.17) is 23.8 Å². The fraction of sp³-hybridized carbons (Fsp3) is 0.0172. The van der Waals surface area contributed by atoms with Crippen molar-refractivity contribution in [3.8, 4) is 45.0 Å². The van der Waals surface area contributed by atoms with Crippen LogP contribution in [0.1, 0.15) is 0 Å². The molecule has 3 aromatic heterocycles. The number of hydrogen-bond acceptors (Lipinski definition) is 6. The monoisotopic (exact) mass is 820 g/mol. The summed E-state index contributed by atoms with van der Waals surface area (Å²) in [5.74, 6) is 1.66. The second kappa shape index (κ2) is 14.2. The molecule has 0 spiro atoms. The van der Waals surface area contributed by atoms with Crippen LogP contribution in [0.4, 0.5) is 11.6 Å². The Balaban J connectivity index is 1.01. The van der Waals surface area contributed by atoms with E-state index >= 15 is 0 Å². The maximum atomic E-state index is 6.57. The minimum atomic E-state index is 0.531. The van der Waals surface area contributed by atoms with Gasteiger partial charge in [-0.2, -0.15) is 9.97 Å². The quantitative estimate of drug-likeness (QED) is 0.156. The van der Waals surface area contributed by atoms with E-state index in [1.807, 2.05) is 30.3 Å². The molecule has 13 rings (SSSR count). The number of fused-ring (bicyclic) bond motifs is 12. The van der Waals surface area contributed by atoms with Crippen LogP contribution in [-0.4, -0.2) is 22.0 Å². The summed E-state index contributed by atoms with van der Waals surface area (Å²) in [4.78, 5) is 18.0. The molecule has 0 fully saturated rings. The molecule has 0 N–H and O–H groups in total. The Morgan fingerprint density at radius 3 is 1.58 bits per heavy atom. The molecule has 0 aliphatic rings. The van der Waals surface area contributed by atoms with Crippen molar-refractivity contribution in [2.45, 2.75) is 0 Å². The molecular formula is C58H36N4O2. The molecule has 0 amide bonds. The lowest BCUT2D eigenvalue weighted by molar-refractivity contribution is 0.668. The van der Waals surface area contributed by atoms with Crippen molar-refractivity contribution >= 4 is 87.8 Å². The minimum absolute atomic E-state index is 0.531. The summed E-state index contributed by atoms with van der Waals surface area (Å²) in [6, 6.07) is 69.8. The Kier molecular flexibility index (Phi) is 8.02. The highest BCUT2D eigenvalue weighted by Gasteiger charge is 2.22. The number of anilines is 2. The Morgan fingerprint density at radius 2 is 0.828 bits per heavy atom. The first-order chi connectivity index (χ1) is 31.6. The zero-order valence-corrected chi connectivity index (χ0v) is 34.7. The van der Waals surface area contributed by atoms with E-state index in [2.05, 4.69) is 182 Å². The molecule has 0 bridgehead atoms. The molecule has 64 heavy (non-hydrogen) atoms. The molecule has 10 aromatic carbocycles. The summed E-state index contributed by atoms with van der Waals surface area (Å²) in [6.07, 6.45) is 0. The maximum Gasteiger partial charge on any atom is 0.233 e. The maximum absolute atomic E-state index is 6.57. The molecule has 300 valence electrons. The van der Waals surface area contributed by atoms with Gasteiger partial charge in [0.1, 0.15) is 22.3 Å². The first-order valence-corrected chi connectivity index (χ1v) is 21.5. The van der Waals surface area contributed by atoms with Crippen molar-refractivity contribution in [1.82, 2.24) is 15.0 Å². The Morgan fingerprint density at radius 1 is 0.328 bits per heavy atom. The predicted octanol–water partition coefficient (Wildman–Crippen LogP) is 15.6. The van der Waals surface area contributed by atoms with Crippen molar-refractivity contribution in [1.29, 1.82) is 0 Å². The lowest BCUT2D eigenvalue weighted by atomic mass is 9.93. The van der Waals surface area contributed by atoms with Crippen LogP contribution >= 0.6 is 0 Å². The molecule has 13 aromatic rings. The van der Waals surface area contributed by atoms with Crippen LogP contribution in [0, 0.1) is 0 Å². The first kappa shape index (κ1) is 36.1. The molecule has 0 unspecified atom stereocenters. The summed E-state index contributed by atoms with van der Waals surface area (Å²) in [5.41, 5.74) is 10.5. The van der Waals surface area contributed by atoms with Gasteiger partial charge in [0.15, 0.2) is 11.6 Å². The van der Waals surface area contributed by atoms with Gasteiger partial charge in [-0.25, -0.2) is 4.98 Å². The van der Waals surface area contributed by atoms with E-state index < -0.39 is 0 Å². The normalized spacial score (nSPS) is 11.8. The van der Waals surface area contributed by atoms with Crippen LogP contribution in [0.2, 0.25) is 0 Å². The van der Waals surface area contributed by atoms with E-state index in [9.17, 15) is 0 Å². The average molecular weight is 821 g/mol. The van der Waals surface area contributed by atoms with Gasteiger partial charge < -0.3 is 13.7 Å². The van der Waals surface area contributed by atoms with Gasteiger partial charge in [-0.15, -0.1) is 0 Å². The average Bonchev–Trinajstić information content (AvgIpc) is 3.94. The van der Waals surface area contributed by atoms with Gasteiger partial charge in [-0.05, 0) is 91.6 Å². The molecule has 0 aliphatic carbocycles. The third-order valence-corrected chi connectivity index (χ3v) is 12.7. The van der Waals surface area contributed by atoms with E-state index in [0.717, 1.165) is 88.3 Å². The van der Waals surface area contributed by atoms with Gasteiger partial charge in [0, 0.05) is 45.1 Å².